The molecule has 218 valence electrons. The Balaban J connectivity index is 1.23. The molecule has 1 aliphatic heterocycles. The second-order valence-corrected chi connectivity index (χ2v) is 18.7. The predicted molar refractivity (Wildman–Crippen MR) is 161 cm³/mol. The van der Waals surface area contributed by atoms with E-state index >= 15 is 4.57 Å². The van der Waals surface area contributed by atoms with E-state index in [1.54, 1.807) is 0 Å². The zero-order chi connectivity index (χ0) is 26.2. The minimum atomic E-state index is -2.30. The van der Waals surface area contributed by atoms with Crippen molar-refractivity contribution >= 4 is 7.14 Å². The van der Waals surface area contributed by atoms with Crippen molar-refractivity contribution in [1.29, 1.82) is 0 Å². The summed E-state index contributed by atoms with van der Waals surface area (Å²) in [6, 6.07) is 0. The Bertz CT molecular complexity index is 781. The van der Waals surface area contributed by atoms with Gasteiger partial charge in [-0.3, -0.25) is 0 Å². The van der Waals surface area contributed by atoms with Crippen molar-refractivity contribution < 1.29 is 9.30 Å². The Kier molecular flexibility index (Phi) is 9.09. The first-order valence-corrected chi connectivity index (χ1v) is 19.8. The van der Waals surface area contributed by atoms with Gasteiger partial charge in [0.1, 0.15) is 13.0 Å². The van der Waals surface area contributed by atoms with E-state index in [-0.39, 0.29) is 5.85 Å². The van der Waals surface area contributed by atoms with Gasteiger partial charge in [0.15, 0.2) is 0 Å². The Labute approximate surface area is 236 Å². The topological polar surface area (TPSA) is 29.6 Å². The molecule has 0 aromatic rings. The zero-order valence-electron chi connectivity index (χ0n) is 25.2. The van der Waals surface area contributed by atoms with Crippen LogP contribution in [-0.2, 0) is 9.30 Å². The molecule has 3 heteroatoms. The lowest BCUT2D eigenvalue weighted by molar-refractivity contribution is 0.0361. The van der Waals surface area contributed by atoms with E-state index < -0.39 is 7.14 Å². The molecule has 0 radical (unpaired) electrons. The number of hydrogen-bond acceptors (Lipinski definition) is 2. The lowest BCUT2D eigenvalue weighted by Crippen LogP contribution is -2.38. The fourth-order valence-electron chi connectivity index (χ4n) is 11.7. The largest absolute Gasteiger partial charge is 0.361 e. The lowest BCUT2D eigenvalue weighted by atomic mass is 9.59. The first-order valence-electron chi connectivity index (χ1n) is 17.9. The second-order valence-electron chi connectivity index (χ2n) is 15.2. The summed E-state index contributed by atoms with van der Waals surface area (Å²) in [7, 11) is -2.30. The molecule has 5 aliphatic carbocycles. The number of rotatable bonds is 10. The van der Waals surface area contributed by atoms with E-state index in [1.165, 1.54) is 148 Å². The van der Waals surface area contributed by atoms with E-state index in [2.05, 4.69) is 13.8 Å². The summed E-state index contributed by atoms with van der Waals surface area (Å²) in [4.78, 5) is 0. The molecule has 2 nitrogen and oxygen atoms in total. The number of unbranched alkanes of at least 4 members (excludes halogenated alkanes) is 2. The van der Waals surface area contributed by atoms with Crippen molar-refractivity contribution in [2.24, 2.45) is 35.0 Å². The summed E-state index contributed by atoms with van der Waals surface area (Å²) in [6.07, 6.45) is 32.1. The van der Waals surface area contributed by atoms with E-state index in [0.29, 0.717) is 28.8 Å². The smallest absolute Gasteiger partial charge is 0.138 e. The van der Waals surface area contributed by atoms with Crippen LogP contribution in [0.2, 0.25) is 0 Å². The molecule has 0 aromatic heterocycles. The number of epoxide rings is 1. The average Bonchev–Trinajstić information content (AvgIpc) is 3.75. The van der Waals surface area contributed by atoms with Gasteiger partial charge >= 0.3 is 0 Å². The van der Waals surface area contributed by atoms with Gasteiger partial charge in [-0.25, -0.2) is 0 Å². The van der Waals surface area contributed by atoms with Crippen LogP contribution in [0.1, 0.15) is 162 Å². The third-order valence-electron chi connectivity index (χ3n) is 13.4. The molecule has 0 aromatic carbocycles. The van der Waals surface area contributed by atoms with Crippen molar-refractivity contribution in [1.82, 2.24) is 0 Å². The van der Waals surface area contributed by atoms with Gasteiger partial charge in [0.2, 0.25) is 0 Å². The maximum Gasteiger partial charge on any atom is 0.138 e. The van der Waals surface area contributed by atoms with Gasteiger partial charge in [0.05, 0.1) is 6.10 Å². The van der Waals surface area contributed by atoms with Gasteiger partial charge in [-0.1, -0.05) is 90.9 Å². The van der Waals surface area contributed by atoms with E-state index in [4.69, 9.17) is 4.74 Å². The van der Waals surface area contributed by atoms with Gasteiger partial charge in [-0.2, -0.15) is 0 Å². The van der Waals surface area contributed by atoms with Crippen LogP contribution in [0.4, 0.5) is 0 Å². The van der Waals surface area contributed by atoms with Gasteiger partial charge < -0.3 is 9.30 Å². The molecule has 5 saturated carbocycles. The Hall–Kier alpha value is 0.190. The maximum absolute atomic E-state index is 15.3. The molecule has 38 heavy (non-hydrogen) atoms. The Morgan fingerprint density at radius 3 is 1.82 bits per heavy atom. The SMILES string of the molecule is CCCCC1(CCCC)C2CCCCC2C2CCC(C3OC3P(=O)(C3CCCCC3)C3CCCCC3)CC21. The summed E-state index contributed by atoms with van der Waals surface area (Å²) in [5.41, 5.74) is 1.60. The number of hydrogen-bond donors (Lipinski definition) is 0. The fraction of sp³-hybridized carbons (Fsp3) is 1.00. The predicted octanol–water partition coefficient (Wildman–Crippen LogP) is 11.0. The second kappa shape index (κ2) is 12.2. The summed E-state index contributed by atoms with van der Waals surface area (Å²) >= 11 is 0. The summed E-state index contributed by atoms with van der Waals surface area (Å²) < 4.78 is 22.0. The molecular formula is C35H61O2P. The van der Waals surface area contributed by atoms with Gasteiger partial charge in [0.25, 0.3) is 0 Å². The van der Waals surface area contributed by atoms with E-state index in [0.717, 1.165) is 23.7 Å². The maximum atomic E-state index is 15.3. The van der Waals surface area contributed by atoms with Crippen molar-refractivity contribution in [3.05, 3.63) is 0 Å². The third-order valence-corrected chi connectivity index (χ3v) is 18.0. The number of ether oxygens (including phenoxy) is 1. The Morgan fingerprint density at radius 2 is 1.21 bits per heavy atom. The van der Waals surface area contributed by atoms with Crippen LogP contribution in [0.25, 0.3) is 0 Å². The highest BCUT2D eigenvalue weighted by Crippen LogP contribution is 2.74. The monoisotopic (exact) mass is 544 g/mol. The van der Waals surface area contributed by atoms with Crippen LogP contribution in [0.5, 0.6) is 0 Å². The standard InChI is InChI=1S/C35H61O2P/c1-3-5-23-35(24-6-4-2)31-20-14-13-19-29(31)30-22-21-26(25-32(30)35)33-34(37-33)38(36,27-15-9-7-10-16-27)28-17-11-8-12-18-28/h26-34H,3-25H2,1-2H3. The van der Waals surface area contributed by atoms with Gasteiger partial charge in [-0.15, -0.1) is 0 Å². The fourth-order valence-corrected chi connectivity index (χ4v) is 16.5. The highest BCUT2D eigenvalue weighted by atomic mass is 31.2. The summed E-state index contributed by atoms with van der Waals surface area (Å²) in [6.45, 7) is 4.83. The summed E-state index contributed by atoms with van der Waals surface area (Å²) in [5.74, 6) is 4.81. The third kappa shape index (κ3) is 5.05. The highest BCUT2D eigenvalue weighted by molar-refractivity contribution is 7.66. The molecule has 6 aliphatic rings. The zero-order valence-corrected chi connectivity index (χ0v) is 26.1. The van der Waals surface area contributed by atoms with Gasteiger partial charge in [-0.05, 0) is 106 Å². The molecule has 0 amide bonds. The minimum Gasteiger partial charge on any atom is -0.361 e. The van der Waals surface area contributed by atoms with Crippen LogP contribution >= 0.6 is 7.14 Å². The molecule has 0 N–H and O–H groups in total. The molecule has 6 rings (SSSR count). The minimum absolute atomic E-state index is 0.152. The van der Waals surface area contributed by atoms with Crippen LogP contribution in [0.15, 0.2) is 0 Å². The average molecular weight is 545 g/mol. The molecule has 0 bridgehead atoms. The van der Waals surface area contributed by atoms with Crippen LogP contribution in [0, 0.1) is 35.0 Å². The quantitative estimate of drug-likeness (QED) is 0.202. The molecular weight excluding hydrogens is 483 g/mol. The summed E-state index contributed by atoms with van der Waals surface area (Å²) in [5, 5.41) is 0. The lowest BCUT2D eigenvalue weighted by Gasteiger charge is -2.46. The van der Waals surface area contributed by atoms with Crippen LogP contribution in [-0.4, -0.2) is 23.3 Å². The Morgan fingerprint density at radius 1 is 0.658 bits per heavy atom. The highest BCUT2D eigenvalue weighted by Gasteiger charge is 2.64. The van der Waals surface area contributed by atoms with Crippen LogP contribution < -0.4 is 0 Å². The molecule has 0 spiro atoms. The molecule has 7 atom stereocenters. The van der Waals surface area contributed by atoms with E-state index in [1.807, 2.05) is 0 Å². The van der Waals surface area contributed by atoms with E-state index in [9.17, 15) is 0 Å². The normalized spacial score (nSPS) is 40.0. The van der Waals surface area contributed by atoms with Crippen molar-refractivity contribution in [2.45, 2.75) is 185 Å². The molecule has 6 fully saturated rings. The molecule has 1 heterocycles. The van der Waals surface area contributed by atoms with Crippen LogP contribution in [0.3, 0.4) is 0 Å². The van der Waals surface area contributed by atoms with Crippen molar-refractivity contribution in [3.63, 3.8) is 0 Å². The molecule has 7 unspecified atom stereocenters. The van der Waals surface area contributed by atoms with Gasteiger partial charge in [0, 0.05) is 11.3 Å². The molecule has 1 saturated heterocycles. The first-order chi connectivity index (χ1) is 18.6. The van der Waals surface area contributed by atoms with Crippen molar-refractivity contribution in [2.75, 3.05) is 0 Å². The van der Waals surface area contributed by atoms with Crippen molar-refractivity contribution in [3.8, 4) is 0 Å². The first kappa shape index (κ1) is 28.3. The number of fused-ring (bicyclic) bond motifs is 3.